The molecule has 0 saturated carbocycles. The molecule has 21 heavy (non-hydrogen) atoms. The maximum Gasteiger partial charge on any atom is 0.326 e. The van der Waals surface area contributed by atoms with Gasteiger partial charge in [-0.3, -0.25) is 4.79 Å². The molecule has 2 rings (SSSR count). The van der Waals surface area contributed by atoms with Crippen molar-refractivity contribution >= 4 is 23.2 Å². The van der Waals surface area contributed by atoms with Crippen molar-refractivity contribution in [3.05, 3.63) is 40.6 Å². The van der Waals surface area contributed by atoms with Gasteiger partial charge >= 0.3 is 5.97 Å². The van der Waals surface area contributed by atoms with Gasteiger partial charge in [-0.05, 0) is 24.3 Å². The number of aryl methyl sites for hydroxylation is 1. The number of imidazole rings is 1. The first-order chi connectivity index (χ1) is 10.1. The number of aliphatic carboxylic acids is 1. The van der Waals surface area contributed by atoms with Crippen LogP contribution in [0.4, 0.5) is 0 Å². The molecule has 0 aromatic carbocycles. The minimum absolute atomic E-state index is 0.200. The molecule has 112 valence electrons. The predicted molar refractivity (Wildman–Crippen MR) is 79.1 cm³/mol. The van der Waals surface area contributed by atoms with Crippen molar-refractivity contribution in [3.8, 4) is 0 Å². The fourth-order valence-corrected chi connectivity index (χ4v) is 2.71. The monoisotopic (exact) mass is 307 g/mol. The van der Waals surface area contributed by atoms with E-state index in [0.29, 0.717) is 18.5 Å². The second-order valence-electron chi connectivity index (χ2n) is 4.67. The number of carboxylic acid groups (broad SMARTS) is 1. The molecule has 7 heteroatoms. The van der Waals surface area contributed by atoms with Crippen LogP contribution in [0.5, 0.6) is 0 Å². The maximum atomic E-state index is 11.8. The van der Waals surface area contributed by atoms with Gasteiger partial charge in [0.15, 0.2) is 0 Å². The molecule has 2 aromatic heterocycles. The quantitative estimate of drug-likeness (QED) is 0.690. The Bertz CT molecular complexity index is 566. The highest BCUT2D eigenvalue weighted by molar-refractivity contribution is 7.09. The molecule has 2 heterocycles. The average molecular weight is 307 g/mol. The number of H-pyrrole nitrogens is 1. The number of nitrogens with one attached hydrogen (secondary N) is 2. The minimum Gasteiger partial charge on any atom is -0.480 e. The Labute approximate surface area is 126 Å². The van der Waals surface area contributed by atoms with Gasteiger partial charge in [0.25, 0.3) is 0 Å². The molecule has 0 unspecified atom stereocenters. The van der Waals surface area contributed by atoms with Gasteiger partial charge in [0.1, 0.15) is 6.04 Å². The number of rotatable bonds is 8. The summed E-state index contributed by atoms with van der Waals surface area (Å²) in [6.45, 7) is 0. The molecule has 1 amide bonds. The summed E-state index contributed by atoms with van der Waals surface area (Å²) in [7, 11) is 0. The number of nitrogens with zero attached hydrogens (tertiary/aromatic N) is 1. The van der Waals surface area contributed by atoms with E-state index in [1.165, 1.54) is 11.2 Å². The molecule has 0 spiro atoms. The Morgan fingerprint density at radius 2 is 2.33 bits per heavy atom. The zero-order valence-electron chi connectivity index (χ0n) is 11.4. The van der Waals surface area contributed by atoms with Crippen LogP contribution in [0.25, 0.3) is 0 Å². The number of amides is 1. The maximum absolute atomic E-state index is 11.8. The first kappa shape index (κ1) is 15.2. The average Bonchev–Trinajstić information content (AvgIpc) is 3.10. The largest absolute Gasteiger partial charge is 0.480 e. The molecule has 2 aromatic rings. The Balaban J connectivity index is 1.76. The molecular weight excluding hydrogens is 290 g/mol. The molecular formula is C14H17N3O3S. The number of carbonyl (C=O) groups is 2. The number of carboxylic acids is 1. The second kappa shape index (κ2) is 7.58. The van der Waals surface area contributed by atoms with E-state index in [4.69, 9.17) is 5.11 Å². The van der Waals surface area contributed by atoms with Crippen molar-refractivity contribution in [3.63, 3.8) is 0 Å². The van der Waals surface area contributed by atoms with E-state index in [-0.39, 0.29) is 12.3 Å². The lowest BCUT2D eigenvalue weighted by molar-refractivity contribution is -0.141. The van der Waals surface area contributed by atoms with Gasteiger partial charge in [-0.2, -0.15) is 0 Å². The van der Waals surface area contributed by atoms with Crippen LogP contribution in [0.15, 0.2) is 30.0 Å². The lowest BCUT2D eigenvalue weighted by Crippen LogP contribution is -2.42. The second-order valence-corrected chi connectivity index (χ2v) is 5.70. The normalized spacial score (nSPS) is 12.0. The van der Waals surface area contributed by atoms with Crippen molar-refractivity contribution in [1.82, 2.24) is 15.3 Å². The van der Waals surface area contributed by atoms with Crippen LogP contribution in [-0.2, 0) is 22.4 Å². The SMILES string of the molecule is O=C(CCCc1cccs1)N[C@H](Cc1cnc[nH]1)C(=O)O. The zero-order chi connectivity index (χ0) is 15.1. The predicted octanol–water partition coefficient (Wildman–Crippen LogP) is 1.61. The highest BCUT2D eigenvalue weighted by Crippen LogP contribution is 2.12. The van der Waals surface area contributed by atoms with Crippen molar-refractivity contribution in [2.45, 2.75) is 31.7 Å². The van der Waals surface area contributed by atoms with Crippen molar-refractivity contribution in [2.24, 2.45) is 0 Å². The first-order valence-electron chi connectivity index (χ1n) is 6.67. The van der Waals surface area contributed by atoms with Gasteiger partial charge in [-0.1, -0.05) is 6.07 Å². The molecule has 0 bridgehead atoms. The number of aromatic amines is 1. The highest BCUT2D eigenvalue weighted by atomic mass is 32.1. The van der Waals surface area contributed by atoms with Gasteiger partial charge in [0.05, 0.1) is 6.33 Å². The van der Waals surface area contributed by atoms with Crippen LogP contribution in [0.2, 0.25) is 0 Å². The Hall–Kier alpha value is -2.15. The number of hydrogen-bond acceptors (Lipinski definition) is 4. The summed E-state index contributed by atoms with van der Waals surface area (Å²) in [5.41, 5.74) is 0.682. The van der Waals surface area contributed by atoms with Crippen molar-refractivity contribution in [2.75, 3.05) is 0 Å². The molecule has 6 nitrogen and oxygen atoms in total. The van der Waals surface area contributed by atoms with E-state index in [2.05, 4.69) is 15.3 Å². The summed E-state index contributed by atoms with van der Waals surface area (Å²) < 4.78 is 0. The minimum atomic E-state index is -1.05. The molecule has 0 fully saturated rings. The van der Waals surface area contributed by atoms with E-state index >= 15 is 0 Å². The van der Waals surface area contributed by atoms with Crippen molar-refractivity contribution in [1.29, 1.82) is 0 Å². The third-order valence-corrected chi connectivity index (χ3v) is 3.96. The van der Waals surface area contributed by atoms with E-state index in [9.17, 15) is 9.59 Å². The Morgan fingerprint density at radius 1 is 1.48 bits per heavy atom. The zero-order valence-corrected chi connectivity index (χ0v) is 12.2. The summed E-state index contributed by atoms with van der Waals surface area (Å²) in [6.07, 6.45) is 5.11. The molecule has 0 aliphatic heterocycles. The van der Waals surface area contributed by atoms with Crippen LogP contribution in [-0.4, -0.2) is 33.0 Å². The molecule has 3 N–H and O–H groups in total. The molecule has 1 atom stereocenters. The number of thiophene rings is 1. The van der Waals surface area contributed by atoms with Crippen molar-refractivity contribution < 1.29 is 14.7 Å². The molecule has 0 saturated heterocycles. The topological polar surface area (TPSA) is 95.1 Å². The number of aromatic nitrogens is 2. The van der Waals surface area contributed by atoms with Gasteiger partial charge in [-0.25, -0.2) is 9.78 Å². The summed E-state index contributed by atoms with van der Waals surface area (Å²) >= 11 is 1.66. The lowest BCUT2D eigenvalue weighted by Gasteiger charge is -2.13. The summed E-state index contributed by atoms with van der Waals surface area (Å²) in [5.74, 6) is -1.28. The third-order valence-electron chi connectivity index (χ3n) is 3.02. The van der Waals surface area contributed by atoms with Gasteiger partial charge in [0, 0.05) is 29.6 Å². The highest BCUT2D eigenvalue weighted by Gasteiger charge is 2.20. The van der Waals surface area contributed by atoms with E-state index in [1.54, 1.807) is 17.5 Å². The van der Waals surface area contributed by atoms with Gasteiger partial charge in [-0.15, -0.1) is 11.3 Å². The standard InChI is InChI=1S/C14H17N3O3S/c18-13(5-1-3-11-4-2-6-21-11)17-12(14(19)20)7-10-8-15-9-16-10/h2,4,6,8-9,12H,1,3,5,7H2,(H,15,16)(H,17,18)(H,19,20)/t12-/m1/s1. The van der Waals surface area contributed by atoms with Gasteiger partial charge in [0.2, 0.25) is 5.91 Å². The molecule has 0 aliphatic carbocycles. The Morgan fingerprint density at radius 3 is 2.95 bits per heavy atom. The number of carbonyl (C=O) groups excluding carboxylic acids is 1. The summed E-state index contributed by atoms with van der Waals surface area (Å²) in [5, 5.41) is 13.7. The Kier molecular flexibility index (Phi) is 5.51. The summed E-state index contributed by atoms with van der Waals surface area (Å²) in [6, 6.07) is 3.07. The first-order valence-corrected chi connectivity index (χ1v) is 7.55. The molecule has 0 radical (unpaired) electrons. The van der Waals surface area contributed by atoms with E-state index < -0.39 is 12.0 Å². The smallest absolute Gasteiger partial charge is 0.326 e. The van der Waals surface area contributed by atoms with Crippen LogP contribution >= 0.6 is 11.3 Å². The van der Waals surface area contributed by atoms with Crippen LogP contribution in [0.3, 0.4) is 0 Å². The van der Waals surface area contributed by atoms with E-state index in [1.807, 2.05) is 17.5 Å². The van der Waals surface area contributed by atoms with Crippen LogP contribution < -0.4 is 5.32 Å². The van der Waals surface area contributed by atoms with Crippen LogP contribution in [0.1, 0.15) is 23.4 Å². The summed E-state index contributed by atoms with van der Waals surface area (Å²) in [4.78, 5) is 30.9. The third kappa shape index (κ3) is 5.03. The lowest BCUT2D eigenvalue weighted by atomic mass is 10.1. The molecule has 0 aliphatic rings. The van der Waals surface area contributed by atoms with E-state index in [0.717, 1.165) is 6.42 Å². The van der Waals surface area contributed by atoms with Crippen LogP contribution in [0, 0.1) is 0 Å². The van der Waals surface area contributed by atoms with Gasteiger partial charge < -0.3 is 15.4 Å². The number of hydrogen-bond donors (Lipinski definition) is 3. The fourth-order valence-electron chi connectivity index (χ4n) is 1.96. The fraction of sp³-hybridized carbons (Fsp3) is 0.357.